The van der Waals surface area contributed by atoms with Gasteiger partial charge in [-0.25, -0.2) is 0 Å². The van der Waals surface area contributed by atoms with Crippen molar-refractivity contribution in [2.45, 2.75) is 32.1 Å². The van der Waals surface area contributed by atoms with Crippen LogP contribution < -0.4 is 0 Å². The first-order chi connectivity index (χ1) is 7.79. The fraction of sp³-hybridized carbons (Fsp3) is 0.500. The second-order valence-electron chi connectivity index (χ2n) is 4.52. The van der Waals surface area contributed by atoms with Crippen LogP contribution in [0.4, 0.5) is 0 Å². The molecule has 16 heavy (non-hydrogen) atoms. The lowest BCUT2D eigenvalue weighted by Gasteiger charge is -2.29. The van der Waals surface area contributed by atoms with Crippen molar-refractivity contribution < 1.29 is 4.79 Å². The van der Waals surface area contributed by atoms with Crippen LogP contribution in [0.3, 0.4) is 0 Å². The van der Waals surface area contributed by atoms with Gasteiger partial charge in [-0.15, -0.1) is 0 Å². The number of carbonyl (C=O) groups excluding carboxylic acids is 1. The second kappa shape index (κ2) is 5.15. The summed E-state index contributed by atoms with van der Waals surface area (Å²) in [6, 6.07) is 10.0. The SMILES string of the molecule is C[C@@H](C(=O)N1CCCCC1)c1ccccc1. The molecule has 0 N–H and O–H groups in total. The molecule has 1 aliphatic heterocycles. The summed E-state index contributed by atoms with van der Waals surface area (Å²) >= 11 is 0. The third-order valence-corrected chi connectivity index (χ3v) is 3.34. The quantitative estimate of drug-likeness (QED) is 0.746. The maximum absolute atomic E-state index is 12.2. The van der Waals surface area contributed by atoms with Crippen LogP contribution in [0.25, 0.3) is 0 Å². The lowest BCUT2D eigenvalue weighted by molar-refractivity contribution is -0.133. The monoisotopic (exact) mass is 217 g/mol. The molecule has 0 unspecified atom stereocenters. The maximum Gasteiger partial charge on any atom is 0.229 e. The van der Waals surface area contributed by atoms with Crippen molar-refractivity contribution in [1.82, 2.24) is 4.90 Å². The van der Waals surface area contributed by atoms with E-state index < -0.39 is 0 Å². The Bertz CT molecular complexity index is 341. The highest BCUT2D eigenvalue weighted by Gasteiger charge is 2.22. The molecule has 1 fully saturated rings. The summed E-state index contributed by atoms with van der Waals surface area (Å²) in [6.07, 6.45) is 3.59. The summed E-state index contributed by atoms with van der Waals surface area (Å²) in [6.45, 7) is 3.89. The molecule has 1 aromatic rings. The normalized spacial score (nSPS) is 18.2. The molecule has 1 aromatic carbocycles. The first kappa shape index (κ1) is 11.2. The molecular formula is C14H19NO. The third-order valence-electron chi connectivity index (χ3n) is 3.34. The van der Waals surface area contributed by atoms with Gasteiger partial charge in [0.05, 0.1) is 5.92 Å². The van der Waals surface area contributed by atoms with Crippen LogP contribution in [-0.4, -0.2) is 23.9 Å². The first-order valence-corrected chi connectivity index (χ1v) is 6.13. The summed E-state index contributed by atoms with van der Waals surface area (Å²) in [7, 11) is 0. The van der Waals surface area contributed by atoms with Gasteiger partial charge in [0.1, 0.15) is 0 Å². The zero-order chi connectivity index (χ0) is 11.4. The van der Waals surface area contributed by atoms with Crippen molar-refractivity contribution >= 4 is 5.91 Å². The molecule has 1 heterocycles. The number of piperidine rings is 1. The number of likely N-dealkylation sites (tertiary alicyclic amines) is 1. The zero-order valence-corrected chi connectivity index (χ0v) is 9.86. The van der Waals surface area contributed by atoms with Gasteiger partial charge >= 0.3 is 0 Å². The van der Waals surface area contributed by atoms with Crippen LogP contribution in [0.5, 0.6) is 0 Å². The highest BCUT2D eigenvalue weighted by molar-refractivity contribution is 5.83. The topological polar surface area (TPSA) is 20.3 Å². The number of hydrogen-bond donors (Lipinski definition) is 0. The number of amides is 1. The Kier molecular flexibility index (Phi) is 3.60. The fourth-order valence-corrected chi connectivity index (χ4v) is 2.27. The van der Waals surface area contributed by atoms with Gasteiger partial charge < -0.3 is 4.90 Å². The minimum absolute atomic E-state index is 0.000648. The van der Waals surface area contributed by atoms with E-state index in [9.17, 15) is 4.79 Å². The van der Waals surface area contributed by atoms with Gasteiger partial charge in [-0.1, -0.05) is 30.3 Å². The molecule has 1 aliphatic rings. The van der Waals surface area contributed by atoms with Crippen LogP contribution in [0.2, 0.25) is 0 Å². The molecule has 0 saturated carbocycles. The van der Waals surface area contributed by atoms with E-state index in [1.54, 1.807) is 0 Å². The number of hydrogen-bond acceptors (Lipinski definition) is 1. The van der Waals surface area contributed by atoms with Gasteiger partial charge in [0, 0.05) is 13.1 Å². The van der Waals surface area contributed by atoms with E-state index in [-0.39, 0.29) is 11.8 Å². The Labute approximate surface area is 97.3 Å². The summed E-state index contributed by atoms with van der Waals surface area (Å²) in [5, 5.41) is 0. The molecular weight excluding hydrogens is 198 g/mol. The molecule has 1 amide bonds. The van der Waals surface area contributed by atoms with Crippen LogP contribution in [0.15, 0.2) is 30.3 Å². The number of rotatable bonds is 2. The van der Waals surface area contributed by atoms with E-state index in [4.69, 9.17) is 0 Å². The Hall–Kier alpha value is -1.31. The molecule has 0 bridgehead atoms. The van der Waals surface area contributed by atoms with Crippen molar-refractivity contribution in [3.63, 3.8) is 0 Å². The van der Waals surface area contributed by atoms with Gasteiger partial charge in [0.2, 0.25) is 5.91 Å². The van der Waals surface area contributed by atoms with Gasteiger partial charge in [0.15, 0.2) is 0 Å². The summed E-state index contributed by atoms with van der Waals surface area (Å²) in [4.78, 5) is 14.2. The highest BCUT2D eigenvalue weighted by Crippen LogP contribution is 2.20. The molecule has 0 aliphatic carbocycles. The van der Waals surface area contributed by atoms with Gasteiger partial charge in [0.25, 0.3) is 0 Å². The minimum atomic E-state index is -0.000648. The van der Waals surface area contributed by atoms with E-state index in [1.807, 2.05) is 42.2 Å². The van der Waals surface area contributed by atoms with Crippen LogP contribution >= 0.6 is 0 Å². The molecule has 2 rings (SSSR count). The lowest BCUT2D eigenvalue weighted by Crippen LogP contribution is -2.38. The van der Waals surface area contributed by atoms with Crippen LogP contribution in [0, 0.1) is 0 Å². The van der Waals surface area contributed by atoms with E-state index >= 15 is 0 Å². The van der Waals surface area contributed by atoms with E-state index in [2.05, 4.69) is 0 Å². The first-order valence-electron chi connectivity index (χ1n) is 6.13. The van der Waals surface area contributed by atoms with Crippen molar-refractivity contribution in [3.8, 4) is 0 Å². The van der Waals surface area contributed by atoms with Crippen molar-refractivity contribution in [2.24, 2.45) is 0 Å². The van der Waals surface area contributed by atoms with E-state index in [1.165, 1.54) is 6.42 Å². The van der Waals surface area contributed by atoms with E-state index in [0.717, 1.165) is 31.5 Å². The van der Waals surface area contributed by atoms with Crippen LogP contribution in [-0.2, 0) is 4.79 Å². The predicted octanol–water partition coefficient (Wildman–Crippen LogP) is 2.80. The smallest absolute Gasteiger partial charge is 0.229 e. The zero-order valence-electron chi connectivity index (χ0n) is 9.86. The molecule has 0 spiro atoms. The fourth-order valence-electron chi connectivity index (χ4n) is 2.27. The van der Waals surface area contributed by atoms with Gasteiger partial charge in [-0.2, -0.15) is 0 Å². The molecule has 2 nitrogen and oxygen atoms in total. The Balaban J connectivity index is 2.04. The molecule has 86 valence electrons. The summed E-state index contributed by atoms with van der Waals surface area (Å²) in [5.41, 5.74) is 1.12. The highest BCUT2D eigenvalue weighted by atomic mass is 16.2. The predicted molar refractivity (Wildman–Crippen MR) is 65.3 cm³/mol. The Morgan fingerprint density at radius 3 is 2.38 bits per heavy atom. The van der Waals surface area contributed by atoms with Gasteiger partial charge in [-0.05, 0) is 31.7 Å². The molecule has 1 atom stereocenters. The largest absolute Gasteiger partial charge is 0.342 e. The molecule has 2 heteroatoms. The van der Waals surface area contributed by atoms with Crippen LogP contribution in [0.1, 0.15) is 37.7 Å². The molecule has 0 radical (unpaired) electrons. The Morgan fingerprint density at radius 2 is 1.75 bits per heavy atom. The minimum Gasteiger partial charge on any atom is -0.342 e. The van der Waals surface area contributed by atoms with Crippen molar-refractivity contribution in [2.75, 3.05) is 13.1 Å². The van der Waals surface area contributed by atoms with Crippen molar-refractivity contribution in [1.29, 1.82) is 0 Å². The second-order valence-corrected chi connectivity index (χ2v) is 4.52. The average Bonchev–Trinajstić information content (AvgIpc) is 2.39. The summed E-state index contributed by atoms with van der Waals surface area (Å²) in [5.74, 6) is 0.283. The standard InChI is InChI=1S/C14H19NO/c1-12(13-8-4-2-5-9-13)14(16)15-10-6-3-7-11-15/h2,4-5,8-9,12H,3,6-7,10-11H2,1H3/t12-/m1/s1. The maximum atomic E-state index is 12.2. The van der Waals surface area contributed by atoms with E-state index in [0.29, 0.717) is 0 Å². The lowest BCUT2D eigenvalue weighted by atomic mass is 9.98. The molecule has 0 aromatic heterocycles. The number of nitrogens with zero attached hydrogens (tertiary/aromatic N) is 1. The number of benzene rings is 1. The average molecular weight is 217 g/mol. The summed E-state index contributed by atoms with van der Waals surface area (Å²) < 4.78 is 0. The Morgan fingerprint density at radius 1 is 1.12 bits per heavy atom. The molecule has 1 saturated heterocycles. The number of carbonyl (C=O) groups is 1. The third kappa shape index (κ3) is 2.43. The van der Waals surface area contributed by atoms with Gasteiger partial charge in [-0.3, -0.25) is 4.79 Å². The van der Waals surface area contributed by atoms with Crippen molar-refractivity contribution in [3.05, 3.63) is 35.9 Å².